The van der Waals surface area contributed by atoms with Gasteiger partial charge in [0.25, 0.3) is 0 Å². The fourth-order valence-electron chi connectivity index (χ4n) is 3.65. The number of anilines is 1. The Balaban J connectivity index is 1.44. The Morgan fingerprint density at radius 3 is 2.79 bits per heavy atom. The SMILES string of the molecule is CCCNc1ncc(CN2CCCn3nc([C@H](O)c4ccnn4C)cc3C2)cn1. The highest BCUT2D eigenvalue weighted by atomic mass is 16.3. The van der Waals surface area contributed by atoms with Crippen molar-refractivity contribution in [3.8, 4) is 0 Å². The standard InChI is InChI=1S/C20H28N8O/c1-3-6-21-20-22-11-15(12-23-20)13-27-8-4-9-28-16(14-27)10-17(25-28)19(29)18-5-7-24-26(18)2/h5,7,10-12,19,29H,3-4,6,8-9,13-14H2,1-2H3,(H,21,22,23)/t19-/m0/s1. The van der Waals surface area contributed by atoms with Crippen LogP contribution in [0, 0.1) is 0 Å². The highest BCUT2D eigenvalue weighted by Crippen LogP contribution is 2.23. The first kappa shape index (κ1) is 19.5. The summed E-state index contributed by atoms with van der Waals surface area (Å²) in [6.45, 7) is 6.40. The molecule has 3 aromatic rings. The Bertz CT molecular complexity index is 932. The van der Waals surface area contributed by atoms with Crippen molar-refractivity contribution in [2.45, 2.75) is 45.5 Å². The third-order valence-corrected chi connectivity index (χ3v) is 5.18. The topological polar surface area (TPSA) is 96.9 Å². The van der Waals surface area contributed by atoms with Crippen molar-refractivity contribution < 1.29 is 5.11 Å². The molecule has 9 heteroatoms. The highest BCUT2D eigenvalue weighted by molar-refractivity contribution is 5.25. The van der Waals surface area contributed by atoms with Crippen molar-refractivity contribution in [3.05, 3.63) is 53.4 Å². The number of aryl methyl sites for hydroxylation is 2. The molecule has 0 spiro atoms. The molecule has 154 valence electrons. The molecule has 2 N–H and O–H groups in total. The zero-order chi connectivity index (χ0) is 20.2. The van der Waals surface area contributed by atoms with E-state index in [1.54, 1.807) is 10.9 Å². The summed E-state index contributed by atoms with van der Waals surface area (Å²) < 4.78 is 3.70. The lowest BCUT2D eigenvalue weighted by Gasteiger charge is -2.19. The molecule has 1 aliphatic heterocycles. The Morgan fingerprint density at radius 2 is 2.07 bits per heavy atom. The Kier molecular flexibility index (Phi) is 5.86. The maximum absolute atomic E-state index is 10.7. The molecule has 0 aliphatic carbocycles. The molecule has 1 atom stereocenters. The minimum absolute atomic E-state index is 0.667. The number of rotatable bonds is 7. The van der Waals surface area contributed by atoms with Gasteiger partial charge >= 0.3 is 0 Å². The summed E-state index contributed by atoms with van der Waals surface area (Å²) >= 11 is 0. The molecule has 1 aliphatic rings. The van der Waals surface area contributed by atoms with Crippen molar-refractivity contribution in [2.75, 3.05) is 18.4 Å². The molecule has 4 heterocycles. The zero-order valence-corrected chi connectivity index (χ0v) is 17.0. The van der Waals surface area contributed by atoms with Gasteiger partial charge < -0.3 is 10.4 Å². The van der Waals surface area contributed by atoms with Crippen molar-refractivity contribution in [1.29, 1.82) is 0 Å². The minimum atomic E-state index is -0.771. The van der Waals surface area contributed by atoms with E-state index in [4.69, 9.17) is 0 Å². The molecule has 0 unspecified atom stereocenters. The van der Waals surface area contributed by atoms with Crippen LogP contribution < -0.4 is 5.32 Å². The van der Waals surface area contributed by atoms with Crippen LogP contribution in [-0.2, 0) is 26.7 Å². The van der Waals surface area contributed by atoms with Gasteiger partial charge in [-0.05, 0) is 25.0 Å². The average molecular weight is 396 g/mol. The van der Waals surface area contributed by atoms with Crippen LogP contribution in [0.25, 0.3) is 0 Å². The number of nitrogens with zero attached hydrogens (tertiary/aromatic N) is 7. The largest absolute Gasteiger partial charge is 0.380 e. The lowest BCUT2D eigenvalue weighted by Crippen LogP contribution is -2.23. The van der Waals surface area contributed by atoms with Gasteiger partial charge in [-0.25, -0.2) is 9.97 Å². The van der Waals surface area contributed by atoms with Gasteiger partial charge in [-0.1, -0.05) is 6.92 Å². The van der Waals surface area contributed by atoms with Gasteiger partial charge in [0.2, 0.25) is 5.95 Å². The number of aliphatic hydroxyl groups is 1. The second kappa shape index (κ2) is 8.71. The van der Waals surface area contributed by atoms with Gasteiger partial charge in [0.05, 0.1) is 17.1 Å². The van der Waals surface area contributed by atoms with Crippen LogP contribution in [0.15, 0.2) is 30.7 Å². The Morgan fingerprint density at radius 1 is 1.24 bits per heavy atom. The van der Waals surface area contributed by atoms with Crippen molar-refractivity contribution in [2.24, 2.45) is 7.05 Å². The number of hydrogen-bond donors (Lipinski definition) is 2. The molecule has 9 nitrogen and oxygen atoms in total. The predicted octanol–water partition coefficient (Wildman–Crippen LogP) is 1.72. The molecule has 3 aromatic heterocycles. The van der Waals surface area contributed by atoms with Crippen LogP contribution >= 0.6 is 0 Å². The summed E-state index contributed by atoms with van der Waals surface area (Å²) in [7, 11) is 1.83. The molecular weight excluding hydrogens is 368 g/mol. The molecule has 0 saturated carbocycles. The number of nitrogens with one attached hydrogen (secondary N) is 1. The van der Waals surface area contributed by atoms with E-state index in [2.05, 4.69) is 37.3 Å². The molecule has 0 saturated heterocycles. The molecule has 0 amide bonds. The van der Waals surface area contributed by atoms with Crippen LogP contribution in [-0.4, -0.2) is 52.6 Å². The van der Waals surface area contributed by atoms with Crippen LogP contribution in [0.2, 0.25) is 0 Å². The van der Waals surface area contributed by atoms with Gasteiger partial charge in [0.1, 0.15) is 6.10 Å². The highest BCUT2D eigenvalue weighted by Gasteiger charge is 2.22. The molecular formula is C20H28N8O. The van der Waals surface area contributed by atoms with Gasteiger partial charge in [-0.2, -0.15) is 10.2 Å². The van der Waals surface area contributed by atoms with E-state index in [-0.39, 0.29) is 0 Å². The van der Waals surface area contributed by atoms with Crippen molar-refractivity contribution >= 4 is 5.95 Å². The molecule has 0 bridgehead atoms. The van der Waals surface area contributed by atoms with Crippen LogP contribution in [0.5, 0.6) is 0 Å². The van der Waals surface area contributed by atoms with Gasteiger partial charge in [0, 0.05) is 63.9 Å². The number of hydrogen-bond acceptors (Lipinski definition) is 7. The average Bonchev–Trinajstić information content (AvgIpc) is 3.28. The Hall–Kier alpha value is -2.78. The molecule has 0 radical (unpaired) electrons. The molecule has 0 fully saturated rings. The second-order valence-corrected chi connectivity index (χ2v) is 7.47. The van der Waals surface area contributed by atoms with Gasteiger partial charge in [-0.15, -0.1) is 0 Å². The maximum Gasteiger partial charge on any atom is 0.222 e. The Labute approximate surface area is 170 Å². The summed E-state index contributed by atoms with van der Waals surface area (Å²) in [5.41, 5.74) is 3.61. The predicted molar refractivity (Wildman–Crippen MR) is 109 cm³/mol. The lowest BCUT2D eigenvalue weighted by molar-refractivity contribution is 0.203. The zero-order valence-electron chi connectivity index (χ0n) is 17.0. The quantitative estimate of drug-likeness (QED) is 0.627. The third kappa shape index (κ3) is 4.46. The van der Waals surface area contributed by atoms with E-state index in [0.29, 0.717) is 11.6 Å². The first-order valence-corrected chi connectivity index (χ1v) is 10.1. The first-order chi connectivity index (χ1) is 14.1. The van der Waals surface area contributed by atoms with E-state index in [1.165, 1.54) is 0 Å². The number of aliphatic hydroxyl groups excluding tert-OH is 1. The second-order valence-electron chi connectivity index (χ2n) is 7.47. The third-order valence-electron chi connectivity index (χ3n) is 5.18. The monoisotopic (exact) mass is 396 g/mol. The van der Waals surface area contributed by atoms with Crippen LogP contribution in [0.3, 0.4) is 0 Å². The normalized spacial score (nSPS) is 15.7. The van der Waals surface area contributed by atoms with E-state index >= 15 is 0 Å². The summed E-state index contributed by atoms with van der Waals surface area (Å²) in [6.07, 6.45) is 6.76. The molecule has 0 aromatic carbocycles. The summed E-state index contributed by atoms with van der Waals surface area (Å²) in [6, 6.07) is 3.82. The van der Waals surface area contributed by atoms with E-state index in [9.17, 15) is 5.11 Å². The first-order valence-electron chi connectivity index (χ1n) is 10.1. The minimum Gasteiger partial charge on any atom is -0.380 e. The van der Waals surface area contributed by atoms with Crippen molar-refractivity contribution in [1.82, 2.24) is 34.4 Å². The van der Waals surface area contributed by atoms with E-state index in [1.807, 2.05) is 36.3 Å². The summed E-state index contributed by atoms with van der Waals surface area (Å²) in [4.78, 5) is 11.2. The smallest absolute Gasteiger partial charge is 0.222 e. The van der Waals surface area contributed by atoms with Gasteiger partial charge in [-0.3, -0.25) is 14.3 Å². The number of fused-ring (bicyclic) bond motifs is 1. The number of aromatic nitrogens is 6. The molecule has 29 heavy (non-hydrogen) atoms. The summed E-state index contributed by atoms with van der Waals surface area (Å²) in [5.74, 6) is 0.679. The summed E-state index contributed by atoms with van der Waals surface area (Å²) in [5, 5.41) is 22.7. The van der Waals surface area contributed by atoms with E-state index in [0.717, 1.165) is 62.5 Å². The van der Waals surface area contributed by atoms with Crippen LogP contribution in [0.1, 0.15) is 48.5 Å². The van der Waals surface area contributed by atoms with Gasteiger partial charge in [0.15, 0.2) is 0 Å². The fourth-order valence-corrected chi connectivity index (χ4v) is 3.65. The maximum atomic E-state index is 10.7. The molecule has 4 rings (SSSR count). The van der Waals surface area contributed by atoms with E-state index < -0.39 is 6.10 Å². The van der Waals surface area contributed by atoms with Crippen LogP contribution in [0.4, 0.5) is 5.95 Å². The van der Waals surface area contributed by atoms with Crippen molar-refractivity contribution in [3.63, 3.8) is 0 Å². The lowest BCUT2D eigenvalue weighted by atomic mass is 10.2. The fraction of sp³-hybridized carbons (Fsp3) is 0.500.